The topological polar surface area (TPSA) is 12.0 Å². The minimum absolute atomic E-state index is 0.173. The number of rotatable bonds is 2. The Morgan fingerprint density at radius 2 is 1.53 bits per heavy atom. The SMILES string of the molecule is CNC(C)C12CC(c3ccccc31)c1ccccc12. The molecule has 0 saturated heterocycles. The van der Waals surface area contributed by atoms with E-state index >= 15 is 0 Å². The van der Waals surface area contributed by atoms with Gasteiger partial charge in [0, 0.05) is 17.4 Å². The third-order valence-corrected chi connectivity index (χ3v) is 5.33. The van der Waals surface area contributed by atoms with Crippen molar-refractivity contribution in [1.29, 1.82) is 0 Å². The van der Waals surface area contributed by atoms with E-state index in [-0.39, 0.29) is 5.41 Å². The zero-order chi connectivity index (χ0) is 13.0. The third kappa shape index (κ3) is 1.19. The van der Waals surface area contributed by atoms with E-state index in [1.807, 2.05) is 0 Å². The van der Waals surface area contributed by atoms with Gasteiger partial charge in [-0.25, -0.2) is 0 Å². The van der Waals surface area contributed by atoms with Crippen molar-refractivity contribution in [1.82, 2.24) is 5.32 Å². The minimum atomic E-state index is 0.173. The molecule has 0 amide bonds. The second-order valence-electron chi connectivity index (χ2n) is 5.91. The molecule has 2 aromatic carbocycles. The molecule has 0 fully saturated rings. The van der Waals surface area contributed by atoms with E-state index in [9.17, 15) is 0 Å². The molecule has 2 aliphatic carbocycles. The van der Waals surface area contributed by atoms with Gasteiger partial charge < -0.3 is 5.32 Å². The second-order valence-corrected chi connectivity index (χ2v) is 5.91. The summed E-state index contributed by atoms with van der Waals surface area (Å²) in [7, 11) is 2.08. The Hall–Kier alpha value is -1.60. The smallest absolute Gasteiger partial charge is 0.0367 e. The van der Waals surface area contributed by atoms with Crippen LogP contribution in [-0.2, 0) is 5.41 Å². The number of benzene rings is 2. The number of fused-ring (bicyclic) bond motifs is 8. The minimum Gasteiger partial charge on any atom is -0.316 e. The van der Waals surface area contributed by atoms with Gasteiger partial charge in [0.25, 0.3) is 0 Å². The highest BCUT2D eigenvalue weighted by Gasteiger charge is 2.54. The fraction of sp³-hybridized carbons (Fsp3) is 0.333. The summed E-state index contributed by atoms with van der Waals surface area (Å²) in [5, 5.41) is 3.51. The van der Waals surface area contributed by atoms with Crippen molar-refractivity contribution in [3.8, 4) is 0 Å². The van der Waals surface area contributed by atoms with Crippen LogP contribution in [0.1, 0.15) is 41.5 Å². The van der Waals surface area contributed by atoms with Crippen molar-refractivity contribution < 1.29 is 0 Å². The van der Waals surface area contributed by atoms with Crippen LogP contribution in [0, 0.1) is 0 Å². The molecule has 19 heavy (non-hydrogen) atoms. The molecule has 1 N–H and O–H groups in total. The first kappa shape index (κ1) is 11.2. The van der Waals surface area contributed by atoms with Crippen LogP contribution in [-0.4, -0.2) is 13.1 Å². The lowest BCUT2D eigenvalue weighted by atomic mass is 9.71. The van der Waals surface area contributed by atoms with Crippen LogP contribution in [0.3, 0.4) is 0 Å². The monoisotopic (exact) mass is 249 g/mol. The fourth-order valence-electron chi connectivity index (χ4n) is 4.38. The van der Waals surface area contributed by atoms with E-state index in [2.05, 4.69) is 67.8 Å². The lowest BCUT2D eigenvalue weighted by molar-refractivity contribution is 0.392. The first-order valence-corrected chi connectivity index (χ1v) is 7.15. The van der Waals surface area contributed by atoms with Crippen LogP contribution in [0.4, 0.5) is 0 Å². The molecular formula is C18H19N. The van der Waals surface area contributed by atoms with Gasteiger partial charge in [-0.05, 0) is 42.6 Å². The molecule has 96 valence electrons. The van der Waals surface area contributed by atoms with Crippen molar-refractivity contribution in [2.24, 2.45) is 0 Å². The first-order chi connectivity index (χ1) is 9.29. The quantitative estimate of drug-likeness (QED) is 0.860. The molecule has 2 aliphatic rings. The van der Waals surface area contributed by atoms with Gasteiger partial charge in [-0.15, -0.1) is 0 Å². The molecule has 0 saturated carbocycles. The highest BCUT2D eigenvalue weighted by Crippen LogP contribution is 2.61. The summed E-state index contributed by atoms with van der Waals surface area (Å²) >= 11 is 0. The van der Waals surface area contributed by atoms with Gasteiger partial charge in [-0.3, -0.25) is 0 Å². The van der Waals surface area contributed by atoms with Crippen molar-refractivity contribution in [2.75, 3.05) is 7.05 Å². The third-order valence-electron chi connectivity index (χ3n) is 5.33. The number of hydrogen-bond donors (Lipinski definition) is 1. The average molecular weight is 249 g/mol. The average Bonchev–Trinajstić information content (AvgIpc) is 3.00. The fourth-order valence-corrected chi connectivity index (χ4v) is 4.38. The molecule has 0 spiro atoms. The molecule has 0 radical (unpaired) electrons. The molecule has 1 heteroatoms. The predicted octanol–water partition coefficient (Wildman–Crippen LogP) is 3.43. The van der Waals surface area contributed by atoms with Gasteiger partial charge in [0.2, 0.25) is 0 Å². The van der Waals surface area contributed by atoms with E-state index in [1.54, 1.807) is 22.3 Å². The van der Waals surface area contributed by atoms with E-state index < -0.39 is 0 Å². The summed E-state index contributed by atoms with van der Waals surface area (Å²) in [5.74, 6) is 0.600. The van der Waals surface area contributed by atoms with Crippen molar-refractivity contribution in [3.05, 3.63) is 70.8 Å². The first-order valence-electron chi connectivity index (χ1n) is 7.15. The van der Waals surface area contributed by atoms with E-state index in [4.69, 9.17) is 0 Å². The lowest BCUT2D eigenvalue weighted by Gasteiger charge is -2.36. The summed E-state index contributed by atoms with van der Waals surface area (Å²) in [4.78, 5) is 0. The zero-order valence-electron chi connectivity index (χ0n) is 11.5. The highest BCUT2D eigenvalue weighted by atomic mass is 14.9. The van der Waals surface area contributed by atoms with E-state index in [0.717, 1.165) is 0 Å². The lowest BCUT2D eigenvalue weighted by Crippen LogP contribution is -2.43. The largest absolute Gasteiger partial charge is 0.316 e. The molecular weight excluding hydrogens is 230 g/mol. The Labute approximate surface area is 114 Å². The van der Waals surface area contributed by atoms with Gasteiger partial charge in [-0.1, -0.05) is 48.5 Å². The standard InChI is InChI=1S/C18H19N/c1-12(19-2)18-11-15(13-7-3-5-9-16(13)18)14-8-4-6-10-17(14)18/h3-10,12,15,19H,11H2,1-2H3. The van der Waals surface area contributed by atoms with Gasteiger partial charge in [0.05, 0.1) is 0 Å². The Balaban J connectivity index is 2.04. The van der Waals surface area contributed by atoms with Gasteiger partial charge >= 0.3 is 0 Å². The van der Waals surface area contributed by atoms with Crippen molar-refractivity contribution in [3.63, 3.8) is 0 Å². The molecule has 4 rings (SSSR count). The number of nitrogens with one attached hydrogen (secondary N) is 1. The van der Waals surface area contributed by atoms with E-state index in [1.165, 1.54) is 6.42 Å². The maximum absolute atomic E-state index is 3.51. The van der Waals surface area contributed by atoms with Crippen molar-refractivity contribution in [2.45, 2.75) is 30.7 Å². The van der Waals surface area contributed by atoms with Crippen LogP contribution >= 0.6 is 0 Å². The predicted molar refractivity (Wildman–Crippen MR) is 78.6 cm³/mol. The Morgan fingerprint density at radius 1 is 1.00 bits per heavy atom. The van der Waals surface area contributed by atoms with Gasteiger partial charge in [0.15, 0.2) is 0 Å². The summed E-state index contributed by atoms with van der Waals surface area (Å²) < 4.78 is 0. The van der Waals surface area contributed by atoms with Crippen LogP contribution in [0.5, 0.6) is 0 Å². The summed E-state index contributed by atoms with van der Waals surface area (Å²) in [6.07, 6.45) is 1.23. The summed E-state index contributed by atoms with van der Waals surface area (Å²) in [6, 6.07) is 18.5. The Bertz CT molecular complexity index is 596. The van der Waals surface area contributed by atoms with Crippen LogP contribution < -0.4 is 5.32 Å². The maximum Gasteiger partial charge on any atom is 0.0367 e. The van der Waals surface area contributed by atoms with Crippen molar-refractivity contribution >= 4 is 0 Å². The molecule has 2 bridgehead atoms. The molecule has 0 aliphatic heterocycles. The number of hydrogen-bond acceptors (Lipinski definition) is 1. The Morgan fingerprint density at radius 3 is 2.05 bits per heavy atom. The second kappa shape index (κ2) is 3.71. The maximum atomic E-state index is 3.51. The van der Waals surface area contributed by atoms with Crippen LogP contribution in [0.15, 0.2) is 48.5 Å². The molecule has 0 aromatic heterocycles. The number of likely N-dealkylation sites (N-methyl/N-ethyl adjacent to an activating group) is 1. The summed E-state index contributed by atoms with van der Waals surface area (Å²) in [5.41, 5.74) is 6.35. The highest BCUT2D eigenvalue weighted by molar-refractivity contribution is 5.63. The zero-order valence-corrected chi connectivity index (χ0v) is 11.5. The molecule has 0 heterocycles. The Kier molecular flexibility index (Phi) is 2.19. The summed E-state index contributed by atoms with van der Waals surface area (Å²) in [6.45, 7) is 2.32. The molecule has 1 nitrogen and oxygen atoms in total. The molecule has 1 unspecified atom stereocenters. The van der Waals surface area contributed by atoms with E-state index in [0.29, 0.717) is 12.0 Å². The van der Waals surface area contributed by atoms with Crippen LogP contribution in [0.2, 0.25) is 0 Å². The van der Waals surface area contributed by atoms with Gasteiger partial charge in [0.1, 0.15) is 0 Å². The molecule has 2 aromatic rings. The van der Waals surface area contributed by atoms with Crippen LogP contribution in [0.25, 0.3) is 0 Å². The normalized spacial score (nSPS) is 28.0. The van der Waals surface area contributed by atoms with Gasteiger partial charge in [-0.2, -0.15) is 0 Å². The molecule has 1 atom stereocenters.